The van der Waals surface area contributed by atoms with E-state index in [1.165, 1.54) is 18.2 Å². The van der Waals surface area contributed by atoms with Gasteiger partial charge in [-0.05, 0) is 18.2 Å². The van der Waals surface area contributed by atoms with Crippen LogP contribution in [0, 0.1) is 0 Å². The van der Waals surface area contributed by atoms with Gasteiger partial charge in [0.15, 0.2) is 65.6 Å². The van der Waals surface area contributed by atoms with E-state index in [0.29, 0.717) is 0 Å². The van der Waals surface area contributed by atoms with Crippen LogP contribution in [0.3, 0.4) is 0 Å². The minimum atomic E-state index is -1.95. The summed E-state index contributed by atoms with van der Waals surface area (Å²) in [5, 5.41) is -0.505. The summed E-state index contributed by atoms with van der Waals surface area (Å²) in [6.45, 7) is 8.86. The van der Waals surface area contributed by atoms with E-state index in [0.717, 1.165) is 81.4 Å². The van der Waals surface area contributed by atoms with Crippen LogP contribution in [0.5, 0.6) is 23.0 Å². The predicted octanol–water partition coefficient (Wildman–Crippen LogP) is 2.56. The molecule has 2 aromatic carbocycles. The van der Waals surface area contributed by atoms with E-state index in [-0.39, 0.29) is 22.8 Å². The molecule has 0 saturated carbocycles. The maximum Gasteiger partial charge on any atom is 0.308 e. The number of carbonyl (C=O) groups is 10. The van der Waals surface area contributed by atoms with Gasteiger partial charge in [-0.1, -0.05) is 0 Å². The molecule has 0 bridgehead atoms. The van der Waals surface area contributed by atoms with Crippen LogP contribution in [0.2, 0.25) is 0 Å². The summed E-state index contributed by atoms with van der Waals surface area (Å²) in [6, 6.07) is 5.79. The number of esters is 10. The molecule has 5 rings (SSSR count). The number of hydrogen-bond acceptors (Lipinski definition) is 25. The Bertz CT molecular complexity index is 2680. The number of fused-ring (bicyclic) bond motifs is 1. The molecule has 2 saturated heterocycles. The first kappa shape index (κ1) is 54.2. The second-order valence-corrected chi connectivity index (χ2v) is 15.6. The molecular formula is C46H48O25. The van der Waals surface area contributed by atoms with Crippen LogP contribution in [0.25, 0.3) is 22.3 Å². The molecule has 9 unspecified atom stereocenters. The number of carbonyl (C=O) groups excluding carboxylic acids is 10. The number of rotatable bonds is 15. The largest absolute Gasteiger partial charge is 0.456 e. The molecule has 2 aliphatic rings. The molecule has 3 aromatic rings. The molecule has 0 amide bonds. The summed E-state index contributed by atoms with van der Waals surface area (Å²) >= 11 is 0. The van der Waals surface area contributed by atoms with Gasteiger partial charge in [0.25, 0.3) is 0 Å². The van der Waals surface area contributed by atoms with Crippen molar-refractivity contribution in [2.75, 3.05) is 13.2 Å². The maximum absolute atomic E-state index is 14.4. The molecule has 0 radical (unpaired) electrons. The fourth-order valence-corrected chi connectivity index (χ4v) is 7.62. The van der Waals surface area contributed by atoms with E-state index in [1.54, 1.807) is 0 Å². The topological polar surface area (TPSA) is 321 Å². The molecule has 25 nitrogen and oxygen atoms in total. The number of benzene rings is 2. The highest BCUT2D eigenvalue weighted by molar-refractivity contribution is 5.92. The highest BCUT2D eigenvalue weighted by atomic mass is 16.7. The van der Waals surface area contributed by atoms with E-state index in [2.05, 4.69) is 0 Å². The van der Waals surface area contributed by atoms with Crippen LogP contribution in [0.4, 0.5) is 0 Å². The summed E-state index contributed by atoms with van der Waals surface area (Å²) in [6.07, 6.45) is -15.3. The molecule has 2 aliphatic heterocycles. The van der Waals surface area contributed by atoms with Gasteiger partial charge in [-0.3, -0.25) is 52.7 Å². The lowest BCUT2D eigenvalue weighted by atomic mass is 9.88. The molecule has 3 heterocycles. The Morgan fingerprint density at radius 1 is 0.521 bits per heavy atom. The smallest absolute Gasteiger partial charge is 0.308 e. The third-order valence-corrected chi connectivity index (χ3v) is 9.76. The average molecular weight is 1000 g/mol. The number of hydrogen-bond donors (Lipinski definition) is 0. The highest BCUT2D eigenvalue weighted by Gasteiger charge is 2.55. The van der Waals surface area contributed by atoms with Crippen LogP contribution in [0.15, 0.2) is 39.5 Å². The third-order valence-electron chi connectivity index (χ3n) is 9.76. The van der Waals surface area contributed by atoms with Gasteiger partial charge in [0.2, 0.25) is 0 Å². The SMILES string of the molecule is CC(=O)Oc1ccc(-c2cc(=O)c3c(OC(C)=O)c(C4OC(COC5OCC(OC(C)=O)C(OC(C)=O)C5OC(C)=O)C(OC(C)=O)C(OC(C)=O)C4OC(C)=O)c(OC(C)=O)cc3o2)cc1OC(C)=O. The molecule has 0 aliphatic carbocycles. The highest BCUT2D eigenvalue weighted by Crippen LogP contribution is 2.48. The quantitative estimate of drug-likeness (QED) is 0.120. The fourth-order valence-electron chi connectivity index (χ4n) is 7.62. The molecule has 2 fully saturated rings. The molecule has 0 spiro atoms. The van der Waals surface area contributed by atoms with E-state index in [4.69, 9.17) is 66.0 Å². The van der Waals surface area contributed by atoms with Gasteiger partial charge in [0, 0.05) is 86.9 Å². The molecule has 25 heteroatoms. The second kappa shape index (κ2) is 23.2. The number of ether oxygens (including phenoxy) is 13. The summed E-state index contributed by atoms with van der Waals surface area (Å²) < 4.78 is 79.2. The van der Waals surface area contributed by atoms with Gasteiger partial charge in [-0.2, -0.15) is 0 Å². The monoisotopic (exact) mass is 1000 g/mol. The van der Waals surface area contributed by atoms with Gasteiger partial charge >= 0.3 is 59.7 Å². The Balaban J connectivity index is 1.75. The van der Waals surface area contributed by atoms with Crippen LogP contribution < -0.4 is 24.4 Å². The zero-order valence-electron chi connectivity index (χ0n) is 39.7. The normalized spacial score (nSPS) is 22.6. The first-order valence-electron chi connectivity index (χ1n) is 21.3. The maximum atomic E-state index is 14.4. The van der Waals surface area contributed by atoms with Crippen molar-refractivity contribution in [3.8, 4) is 34.3 Å². The minimum absolute atomic E-state index is 0.0800. The van der Waals surface area contributed by atoms with Crippen LogP contribution in [0.1, 0.15) is 80.9 Å². The summed E-state index contributed by atoms with van der Waals surface area (Å²) in [4.78, 5) is 139. The van der Waals surface area contributed by atoms with E-state index >= 15 is 0 Å². The van der Waals surface area contributed by atoms with Gasteiger partial charge in [0.1, 0.15) is 34.7 Å². The van der Waals surface area contributed by atoms with Crippen molar-refractivity contribution < 1.29 is 114 Å². The van der Waals surface area contributed by atoms with Crippen molar-refractivity contribution in [1.29, 1.82) is 0 Å². The molecule has 382 valence electrons. The molecule has 0 N–H and O–H groups in total. The fraction of sp³-hybridized carbons (Fsp3) is 0.457. The standard InChI is InChI=1S/C46H48O25/c1-18(47)60-30-12-11-28(13-32(30)61-19(2)48)31-14-29(57)37-33(70-31)15-34(62-20(3)49)38(41(37)66-24(7)53)42-44(68-26(9)55)43(67-25(8)54)39(64-22(5)51)36(71-42)17-59-46-45(69-27(10)56)40(65-23(6)52)35(16-58-46)63-21(4)50/h11-15,35-36,39-40,42-46H,16-17H2,1-10H3. The third kappa shape index (κ3) is 13.9. The van der Waals surface area contributed by atoms with Crippen LogP contribution in [-0.4, -0.2) is 122 Å². The lowest BCUT2D eigenvalue weighted by Crippen LogP contribution is -2.61. The zero-order chi connectivity index (χ0) is 52.6. The molecular weight excluding hydrogens is 952 g/mol. The van der Waals surface area contributed by atoms with E-state index < -0.39 is 161 Å². The average Bonchev–Trinajstić information content (AvgIpc) is 3.22. The van der Waals surface area contributed by atoms with Crippen molar-refractivity contribution in [3.05, 3.63) is 46.1 Å². The summed E-state index contributed by atoms with van der Waals surface area (Å²) in [5.41, 5.74) is -1.76. The van der Waals surface area contributed by atoms with Gasteiger partial charge in [0.05, 0.1) is 18.8 Å². The van der Waals surface area contributed by atoms with Gasteiger partial charge < -0.3 is 66.0 Å². The van der Waals surface area contributed by atoms with E-state index in [1.807, 2.05) is 0 Å². The predicted molar refractivity (Wildman–Crippen MR) is 230 cm³/mol. The zero-order valence-corrected chi connectivity index (χ0v) is 39.7. The molecule has 1 aromatic heterocycles. The first-order valence-corrected chi connectivity index (χ1v) is 21.3. The Morgan fingerprint density at radius 2 is 1.03 bits per heavy atom. The summed E-state index contributed by atoms with van der Waals surface area (Å²) in [5.74, 6) is -11.2. The minimum Gasteiger partial charge on any atom is -0.456 e. The Labute approximate surface area is 402 Å². The summed E-state index contributed by atoms with van der Waals surface area (Å²) in [7, 11) is 0. The van der Waals surface area contributed by atoms with Gasteiger partial charge in [-0.25, -0.2) is 0 Å². The lowest BCUT2D eigenvalue weighted by molar-refractivity contribution is -0.299. The van der Waals surface area contributed by atoms with Crippen molar-refractivity contribution in [2.24, 2.45) is 0 Å². The first-order chi connectivity index (χ1) is 33.3. The van der Waals surface area contributed by atoms with Crippen LogP contribution >= 0.6 is 0 Å². The molecule has 9 atom stereocenters. The Hall–Kier alpha value is -7.77. The van der Waals surface area contributed by atoms with Crippen LogP contribution in [-0.2, 0) is 90.6 Å². The van der Waals surface area contributed by atoms with Gasteiger partial charge in [-0.15, -0.1) is 0 Å². The van der Waals surface area contributed by atoms with Crippen molar-refractivity contribution in [1.82, 2.24) is 0 Å². The van der Waals surface area contributed by atoms with Crippen molar-refractivity contribution in [3.63, 3.8) is 0 Å². The Kier molecular flexibility index (Phi) is 17.7. The molecule has 71 heavy (non-hydrogen) atoms. The van der Waals surface area contributed by atoms with E-state index in [9.17, 15) is 52.7 Å². The van der Waals surface area contributed by atoms with Crippen molar-refractivity contribution >= 4 is 70.7 Å². The Morgan fingerprint density at radius 3 is 1.59 bits per heavy atom. The van der Waals surface area contributed by atoms with Crippen molar-refractivity contribution in [2.45, 2.75) is 124 Å². The second-order valence-electron chi connectivity index (χ2n) is 15.6. The lowest BCUT2D eigenvalue weighted by Gasteiger charge is -2.46.